The van der Waals surface area contributed by atoms with Crippen LogP contribution in [-0.2, 0) is 10.0 Å². The van der Waals surface area contributed by atoms with Crippen molar-refractivity contribution in [3.05, 3.63) is 41.2 Å². The Balaban J connectivity index is 2.03. The molecule has 0 amide bonds. The number of sulfonamides is 1. The molecule has 0 spiro atoms. The Morgan fingerprint density at radius 2 is 1.91 bits per heavy atom. The summed E-state index contributed by atoms with van der Waals surface area (Å²) in [7, 11) is -2.02. The van der Waals surface area contributed by atoms with Crippen molar-refractivity contribution in [1.82, 2.24) is 14.5 Å². The minimum atomic E-state index is -3.56. The molecule has 0 unspecified atom stereocenters. The van der Waals surface area contributed by atoms with E-state index in [-0.39, 0.29) is 18.0 Å². The molecule has 0 atom stereocenters. The molecule has 0 saturated carbocycles. The zero-order chi connectivity index (χ0) is 16.3. The van der Waals surface area contributed by atoms with Crippen molar-refractivity contribution in [2.45, 2.75) is 25.7 Å². The van der Waals surface area contributed by atoms with E-state index in [9.17, 15) is 8.42 Å². The maximum absolute atomic E-state index is 12.6. The summed E-state index contributed by atoms with van der Waals surface area (Å²) in [6.07, 6.45) is 0. The van der Waals surface area contributed by atoms with Gasteiger partial charge >= 0.3 is 0 Å². The molecular weight excluding hydrogens is 302 g/mol. The summed E-state index contributed by atoms with van der Waals surface area (Å²) < 4.78 is 32.0. The van der Waals surface area contributed by atoms with E-state index in [1.807, 2.05) is 31.2 Å². The minimum Gasteiger partial charge on any atom is -0.492 e. The first-order valence-electron chi connectivity index (χ1n) is 7.00. The molecule has 22 heavy (non-hydrogen) atoms. The van der Waals surface area contributed by atoms with Crippen LogP contribution in [0.2, 0.25) is 0 Å². The number of aryl methyl sites for hydroxylation is 3. The van der Waals surface area contributed by atoms with E-state index >= 15 is 0 Å². The third-order valence-electron chi connectivity index (χ3n) is 3.49. The van der Waals surface area contributed by atoms with Crippen LogP contribution >= 0.6 is 0 Å². The summed E-state index contributed by atoms with van der Waals surface area (Å²) >= 11 is 0. The van der Waals surface area contributed by atoms with Crippen molar-refractivity contribution in [2.75, 3.05) is 20.2 Å². The molecule has 0 bridgehead atoms. The van der Waals surface area contributed by atoms with Crippen molar-refractivity contribution < 1.29 is 13.2 Å². The van der Waals surface area contributed by atoms with Gasteiger partial charge < -0.3 is 4.74 Å². The summed E-state index contributed by atoms with van der Waals surface area (Å²) in [4.78, 5) is 0.242. The lowest BCUT2D eigenvalue weighted by Crippen LogP contribution is -2.31. The second-order valence-electron chi connectivity index (χ2n) is 5.20. The second-order valence-corrected chi connectivity index (χ2v) is 7.19. The number of nitrogens with zero attached hydrogens (tertiary/aromatic N) is 2. The van der Waals surface area contributed by atoms with Crippen LogP contribution in [0.15, 0.2) is 29.2 Å². The molecule has 2 rings (SSSR count). The first-order chi connectivity index (χ1) is 10.3. The number of likely N-dealkylation sites (N-methyl/N-ethyl adjacent to an activating group) is 1. The monoisotopic (exact) mass is 323 g/mol. The number of ether oxygens (including phenoxy) is 1. The first kappa shape index (κ1) is 16.5. The van der Waals surface area contributed by atoms with E-state index in [0.29, 0.717) is 11.4 Å². The van der Waals surface area contributed by atoms with Crippen LogP contribution in [0.4, 0.5) is 0 Å². The standard InChI is InChI=1S/C15H21N3O3S/c1-11-7-5-6-8-14(11)21-10-9-18(4)22(19,20)15-12(2)16-17-13(15)3/h5-8H,9-10H2,1-4H3,(H,16,17). The van der Waals surface area contributed by atoms with E-state index in [0.717, 1.165) is 11.3 Å². The van der Waals surface area contributed by atoms with E-state index in [4.69, 9.17) is 4.74 Å². The minimum absolute atomic E-state index is 0.242. The highest BCUT2D eigenvalue weighted by Gasteiger charge is 2.26. The molecule has 2 aromatic rings. The van der Waals surface area contributed by atoms with Gasteiger partial charge in [0.25, 0.3) is 0 Å². The molecule has 1 aromatic carbocycles. The summed E-state index contributed by atoms with van der Waals surface area (Å²) in [5, 5.41) is 6.64. The van der Waals surface area contributed by atoms with Gasteiger partial charge in [0.15, 0.2) is 0 Å². The van der Waals surface area contributed by atoms with Crippen molar-refractivity contribution >= 4 is 10.0 Å². The van der Waals surface area contributed by atoms with Gasteiger partial charge in [-0.1, -0.05) is 18.2 Å². The maximum atomic E-state index is 12.6. The molecule has 0 aliphatic heterocycles. The van der Waals surface area contributed by atoms with Gasteiger partial charge in [-0.05, 0) is 32.4 Å². The Bertz CT molecular complexity index is 734. The van der Waals surface area contributed by atoms with Crippen LogP contribution in [0, 0.1) is 20.8 Å². The molecule has 0 radical (unpaired) electrons. The van der Waals surface area contributed by atoms with Gasteiger partial charge in [0.1, 0.15) is 17.3 Å². The predicted molar refractivity (Wildman–Crippen MR) is 84.6 cm³/mol. The van der Waals surface area contributed by atoms with Crippen LogP contribution in [0.25, 0.3) is 0 Å². The number of aromatic nitrogens is 2. The van der Waals surface area contributed by atoms with Crippen molar-refractivity contribution in [3.8, 4) is 5.75 Å². The SMILES string of the molecule is Cc1ccccc1OCCN(C)S(=O)(=O)c1c(C)n[nH]c1C. The smallest absolute Gasteiger partial charge is 0.246 e. The number of rotatable bonds is 6. The lowest BCUT2D eigenvalue weighted by molar-refractivity contribution is 0.285. The Hall–Kier alpha value is -1.86. The highest BCUT2D eigenvalue weighted by molar-refractivity contribution is 7.89. The molecule has 6 nitrogen and oxygen atoms in total. The van der Waals surface area contributed by atoms with Gasteiger partial charge in [-0.15, -0.1) is 0 Å². The molecular formula is C15H21N3O3S. The van der Waals surface area contributed by atoms with Crippen LogP contribution in [0.5, 0.6) is 5.75 Å². The van der Waals surface area contributed by atoms with Crippen LogP contribution in [0.1, 0.15) is 17.0 Å². The largest absolute Gasteiger partial charge is 0.492 e. The Labute approximate surface area is 131 Å². The normalized spacial score (nSPS) is 11.9. The third-order valence-corrected chi connectivity index (χ3v) is 5.61. The Kier molecular flexibility index (Phi) is 4.87. The molecule has 0 aliphatic rings. The maximum Gasteiger partial charge on any atom is 0.246 e. The predicted octanol–water partition coefficient (Wildman–Crippen LogP) is 2.03. The van der Waals surface area contributed by atoms with Gasteiger partial charge in [0.2, 0.25) is 10.0 Å². The lowest BCUT2D eigenvalue weighted by atomic mass is 10.2. The van der Waals surface area contributed by atoms with Gasteiger partial charge in [0.05, 0.1) is 11.4 Å². The second kappa shape index (κ2) is 6.50. The number of benzene rings is 1. The molecule has 1 N–H and O–H groups in total. The van der Waals surface area contributed by atoms with Gasteiger partial charge in [0, 0.05) is 13.6 Å². The van der Waals surface area contributed by atoms with Gasteiger partial charge in [-0.3, -0.25) is 5.10 Å². The molecule has 7 heteroatoms. The first-order valence-corrected chi connectivity index (χ1v) is 8.44. The fourth-order valence-electron chi connectivity index (χ4n) is 2.20. The molecule has 0 aliphatic carbocycles. The van der Waals surface area contributed by atoms with E-state index in [1.54, 1.807) is 20.9 Å². The lowest BCUT2D eigenvalue weighted by Gasteiger charge is -2.18. The van der Waals surface area contributed by atoms with Crippen LogP contribution in [0.3, 0.4) is 0 Å². The van der Waals surface area contributed by atoms with Crippen LogP contribution < -0.4 is 4.74 Å². The number of hydrogen-bond acceptors (Lipinski definition) is 4. The molecule has 0 fully saturated rings. The Morgan fingerprint density at radius 3 is 2.50 bits per heavy atom. The van der Waals surface area contributed by atoms with E-state index in [1.165, 1.54) is 4.31 Å². The summed E-state index contributed by atoms with van der Waals surface area (Å²) in [5.41, 5.74) is 2.04. The van der Waals surface area contributed by atoms with Crippen molar-refractivity contribution in [2.24, 2.45) is 0 Å². The number of aromatic amines is 1. The van der Waals surface area contributed by atoms with Crippen molar-refractivity contribution in [3.63, 3.8) is 0 Å². The van der Waals surface area contributed by atoms with Crippen LogP contribution in [-0.4, -0.2) is 43.1 Å². The van der Waals surface area contributed by atoms with E-state index < -0.39 is 10.0 Å². The topological polar surface area (TPSA) is 75.3 Å². The number of H-pyrrole nitrogens is 1. The fraction of sp³-hybridized carbons (Fsp3) is 0.400. The molecule has 1 heterocycles. The molecule has 0 saturated heterocycles. The number of nitrogens with one attached hydrogen (secondary N) is 1. The highest BCUT2D eigenvalue weighted by atomic mass is 32.2. The highest BCUT2D eigenvalue weighted by Crippen LogP contribution is 2.21. The number of para-hydroxylation sites is 1. The van der Waals surface area contributed by atoms with Gasteiger partial charge in [-0.25, -0.2) is 8.42 Å². The fourth-order valence-corrected chi connectivity index (χ4v) is 3.68. The third kappa shape index (κ3) is 3.31. The quantitative estimate of drug-likeness (QED) is 0.882. The zero-order valence-corrected chi connectivity index (χ0v) is 14.1. The zero-order valence-electron chi connectivity index (χ0n) is 13.3. The average Bonchev–Trinajstić information content (AvgIpc) is 2.80. The van der Waals surface area contributed by atoms with Gasteiger partial charge in [-0.2, -0.15) is 9.40 Å². The molecule has 120 valence electrons. The van der Waals surface area contributed by atoms with Crippen molar-refractivity contribution in [1.29, 1.82) is 0 Å². The molecule has 1 aromatic heterocycles. The average molecular weight is 323 g/mol. The summed E-state index contributed by atoms with van der Waals surface area (Å²) in [6, 6.07) is 7.65. The summed E-state index contributed by atoms with van der Waals surface area (Å²) in [6.45, 7) is 5.88. The number of hydrogen-bond donors (Lipinski definition) is 1. The summed E-state index contributed by atoms with van der Waals surface area (Å²) in [5.74, 6) is 0.768. The Morgan fingerprint density at radius 1 is 1.23 bits per heavy atom. The van der Waals surface area contributed by atoms with E-state index in [2.05, 4.69) is 10.2 Å².